The molecule has 0 aliphatic carbocycles. The van der Waals surface area contributed by atoms with E-state index < -0.39 is 5.97 Å². The maximum absolute atomic E-state index is 11.2. The predicted molar refractivity (Wildman–Crippen MR) is 60.6 cm³/mol. The van der Waals surface area contributed by atoms with Gasteiger partial charge >= 0.3 is 5.97 Å². The Kier molecular flexibility index (Phi) is 2.71. The van der Waals surface area contributed by atoms with Gasteiger partial charge in [-0.3, -0.25) is 4.40 Å². The molecule has 0 aliphatic heterocycles. The average molecular weight is 235 g/mol. The zero-order valence-electron chi connectivity index (χ0n) is 9.89. The molecule has 0 radical (unpaired) electrons. The minimum absolute atomic E-state index is 0.147. The highest BCUT2D eigenvalue weighted by molar-refractivity contribution is 5.88. The molecule has 0 spiro atoms. The first-order chi connectivity index (χ1) is 8.08. The van der Waals surface area contributed by atoms with E-state index in [1.165, 1.54) is 11.5 Å². The summed E-state index contributed by atoms with van der Waals surface area (Å²) >= 11 is 0. The van der Waals surface area contributed by atoms with Crippen LogP contribution in [0.4, 0.5) is 0 Å². The van der Waals surface area contributed by atoms with Gasteiger partial charge in [-0.2, -0.15) is 0 Å². The summed E-state index contributed by atoms with van der Waals surface area (Å²) in [6, 6.07) is 0. The maximum Gasteiger partial charge on any atom is 0.354 e. The number of nitrogens with zero attached hydrogens (tertiary/aromatic N) is 3. The highest BCUT2D eigenvalue weighted by Crippen LogP contribution is 2.19. The van der Waals surface area contributed by atoms with E-state index >= 15 is 0 Å². The number of rotatable bonds is 3. The predicted octanol–water partition coefficient (Wildman–Crippen LogP) is 1.31. The normalized spacial score (nSPS) is 10.8. The van der Waals surface area contributed by atoms with E-state index in [2.05, 4.69) is 9.97 Å². The zero-order valence-corrected chi connectivity index (χ0v) is 9.89. The quantitative estimate of drug-likeness (QED) is 0.867. The Labute approximate surface area is 97.9 Å². The van der Waals surface area contributed by atoms with E-state index in [1.54, 1.807) is 13.1 Å². The Balaban J connectivity index is 2.81. The van der Waals surface area contributed by atoms with Crippen molar-refractivity contribution < 1.29 is 14.6 Å². The van der Waals surface area contributed by atoms with Crippen molar-refractivity contribution in [3.8, 4) is 5.75 Å². The standard InChI is InChI=1S/C11H13N3O3/c1-4-7-9(10(15)16)14-5-8(17-3)6(2)12-11(14)13-7/h5H,4H2,1-3H3,(H,15,16). The number of imidazole rings is 1. The van der Waals surface area contributed by atoms with Crippen LogP contribution >= 0.6 is 0 Å². The van der Waals surface area contributed by atoms with Crippen molar-refractivity contribution in [2.45, 2.75) is 20.3 Å². The second kappa shape index (κ2) is 4.04. The Morgan fingerprint density at radius 1 is 1.53 bits per heavy atom. The molecule has 0 aliphatic rings. The molecule has 90 valence electrons. The molecule has 2 aromatic heterocycles. The summed E-state index contributed by atoms with van der Waals surface area (Å²) in [5.74, 6) is -0.0836. The fourth-order valence-corrected chi connectivity index (χ4v) is 1.76. The van der Waals surface area contributed by atoms with Gasteiger partial charge in [-0.1, -0.05) is 6.92 Å². The van der Waals surface area contributed by atoms with E-state index in [0.29, 0.717) is 29.3 Å². The van der Waals surface area contributed by atoms with Crippen molar-refractivity contribution in [1.29, 1.82) is 0 Å². The summed E-state index contributed by atoms with van der Waals surface area (Å²) in [7, 11) is 1.52. The Bertz CT molecular complexity index is 589. The molecular weight excluding hydrogens is 222 g/mol. The van der Waals surface area contributed by atoms with Crippen LogP contribution < -0.4 is 4.74 Å². The molecular formula is C11H13N3O3. The van der Waals surface area contributed by atoms with Crippen molar-refractivity contribution in [3.63, 3.8) is 0 Å². The van der Waals surface area contributed by atoms with Gasteiger partial charge in [-0.25, -0.2) is 14.8 Å². The number of aryl methyl sites for hydroxylation is 2. The van der Waals surface area contributed by atoms with E-state index in [4.69, 9.17) is 4.74 Å². The van der Waals surface area contributed by atoms with Crippen LogP contribution in [0.2, 0.25) is 0 Å². The third-order valence-corrected chi connectivity index (χ3v) is 2.59. The van der Waals surface area contributed by atoms with Crippen LogP contribution in [0.5, 0.6) is 5.75 Å². The summed E-state index contributed by atoms with van der Waals surface area (Å²) in [4.78, 5) is 19.6. The van der Waals surface area contributed by atoms with Crippen LogP contribution in [0.1, 0.15) is 28.8 Å². The second-order valence-electron chi connectivity index (χ2n) is 3.63. The van der Waals surface area contributed by atoms with Crippen molar-refractivity contribution in [2.24, 2.45) is 0 Å². The number of hydrogen-bond acceptors (Lipinski definition) is 4. The second-order valence-corrected chi connectivity index (χ2v) is 3.63. The Hall–Kier alpha value is -2.11. The minimum Gasteiger partial charge on any atom is -0.493 e. The van der Waals surface area contributed by atoms with E-state index in [-0.39, 0.29) is 5.69 Å². The molecule has 0 unspecified atom stereocenters. The van der Waals surface area contributed by atoms with Gasteiger partial charge in [-0.15, -0.1) is 0 Å². The number of carbonyl (C=O) groups is 1. The highest BCUT2D eigenvalue weighted by atomic mass is 16.5. The van der Waals surface area contributed by atoms with Crippen molar-refractivity contribution in [2.75, 3.05) is 7.11 Å². The molecule has 2 heterocycles. The van der Waals surface area contributed by atoms with Crippen LogP contribution in [0.15, 0.2) is 6.20 Å². The molecule has 2 rings (SSSR count). The lowest BCUT2D eigenvalue weighted by Crippen LogP contribution is -2.06. The highest BCUT2D eigenvalue weighted by Gasteiger charge is 2.19. The zero-order chi connectivity index (χ0) is 12.6. The van der Waals surface area contributed by atoms with Crippen LogP contribution in [0, 0.1) is 6.92 Å². The summed E-state index contributed by atoms with van der Waals surface area (Å²) in [6.45, 7) is 3.65. The van der Waals surface area contributed by atoms with Crippen molar-refractivity contribution >= 4 is 11.7 Å². The van der Waals surface area contributed by atoms with Crippen LogP contribution in [-0.2, 0) is 6.42 Å². The molecule has 0 bridgehead atoms. The maximum atomic E-state index is 11.2. The number of fused-ring (bicyclic) bond motifs is 1. The average Bonchev–Trinajstić information content (AvgIpc) is 2.65. The van der Waals surface area contributed by atoms with Crippen LogP contribution in [-0.4, -0.2) is 32.6 Å². The first kappa shape index (κ1) is 11.4. The molecule has 0 saturated heterocycles. The van der Waals surface area contributed by atoms with Gasteiger partial charge < -0.3 is 9.84 Å². The SMILES string of the molecule is CCc1nc2nc(C)c(OC)cn2c1C(=O)O. The largest absolute Gasteiger partial charge is 0.493 e. The van der Waals surface area contributed by atoms with Gasteiger partial charge in [0.25, 0.3) is 0 Å². The number of hydrogen-bond donors (Lipinski definition) is 1. The lowest BCUT2D eigenvalue weighted by Gasteiger charge is -2.04. The molecule has 6 nitrogen and oxygen atoms in total. The third-order valence-electron chi connectivity index (χ3n) is 2.59. The summed E-state index contributed by atoms with van der Waals surface area (Å²) in [5, 5.41) is 9.19. The van der Waals surface area contributed by atoms with E-state index in [1.807, 2.05) is 6.92 Å². The van der Waals surface area contributed by atoms with Gasteiger partial charge in [0.15, 0.2) is 11.4 Å². The molecule has 0 fully saturated rings. The number of methoxy groups -OCH3 is 1. The Morgan fingerprint density at radius 2 is 2.24 bits per heavy atom. The number of aromatic nitrogens is 3. The topological polar surface area (TPSA) is 76.7 Å². The fraction of sp³-hybridized carbons (Fsp3) is 0.364. The third kappa shape index (κ3) is 1.71. The van der Waals surface area contributed by atoms with Gasteiger partial charge in [0.1, 0.15) is 0 Å². The smallest absolute Gasteiger partial charge is 0.354 e. The number of carboxylic acid groups (broad SMARTS) is 1. The van der Waals surface area contributed by atoms with Gasteiger partial charge in [-0.05, 0) is 13.3 Å². The molecule has 0 amide bonds. The molecule has 17 heavy (non-hydrogen) atoms. The Morgan fingerprint density at radius 3 is 2.76 bits per heavy atom. The number of aromatic carboxylic acids is 1. The molecule has 1 N–H and O–H groups in total. The molecule has 2 aromatic rings. The van der Waals surface area contributed by atoms with Crippen LogP contribution in [0.3, 0.4) is 0 Å². The first-order valence-electron chi connectivity index (χ1n) is 5.24. The summed E-state index contributed by atoms with van der Waals surface area (Å²) in [6.07, 6.45) is 2.15. The fourth-order valence-electron chi connectivity index (χ4n) is 1.76. The lowest BCUT2D eigenvalue weighted by atomic mass is 10.2. The van der Waals surface area contributed by atoms with Crippen molar-refractivity contribution in [1.82, 2.24) is 14.4 Å². The van der Waals surface area contributed by atoms with Crippen LogP contribution in [0.25, 0.3) is 5.78 Å². The number of ether oxygens (including phenoxy) is 1. The van der Waals surface area contributed by atoms with Gasteiger partial charge in [0.2, 0.25) is 5.78 Å². The monoisotopic (exact) mass is 235 g/mol. The van der Waals surface area contributed by atoms with E-state index in [0.717, 1.165) is 0 Å². The van der Waals surface area contributed by atoms with Crippen molar-refractivity contribution in [3.05, 3.63) is 23.3 Å². The molecule has 6 heteroatoms. The first-order valence-corrected chi connectivity index (χ1v) is 5.24. The van der Waals surface area contributed by atoms with Gasteiger partial charge in [0.05, 0.1) is 24.7 Å². The lowest BCUT2D eigenvalue weighted by molar-refractivity contribution is 0.0688. The number of carboxylic acids is 1. The molecule has 0 saturated carbocycles. The molecule has 0 aromatic carbocycles. The van der Waals surface area contributed by atoms with Gasteiger partial charge in [0, 0.05) is 0 Å². The summed E-state index contributed by atoms with van der Waals surface area (Å²) < 4.78 is 6.58. The summed E-state index contributed by atoms with van der Waals surface area (Å²) in [5.41, 5.74) is 1.36. The van der Waals surface area contributed by atoms with E-state index in [9.17, 15) is 9.90 Å². The minimum atomic E-state index is -1.01. The molecule has 0 atom stereocenters.